The second-order valence-electron chi connectivity index (χ2n) is 8.07. The molecule has 0 aliphatic carbocycles. The van der Waals surface area contributed by atoms with Crippen molar-refractivity contribution in [3.8, 4) is 0 Å². The number of amides is 1. The van der Waals surface area contributed by atoms with Gasteiger partial charge in [0.25, 0.3) is 5.91 Å². The zero-order valence-corrected chi connectivity index (χ0v) is 19.0. The van der Waals surface area contributed by atoms with Crippen molar-refractivity contribution in [2.75, 3.05) is 4.90 Å². The van der Waals surface area contributed by atoms with Gasteiger partial charge in [0.15, 0.2) is 5.43 Å². The Morgan fingerprint density at radius 2 is 1.61 bits per heavy atom. The first kappa shape index (κ1) is 19.8. The van der Waals surface area contributed by atoms with Gasteiger partial charge in [0.2, 0.25) is 5.76 Å². The van der Waals surface area contributed by atoms with Crippen molar-refractivity contribution in [2.24, 2.45) is 0 Å². The van der Waals surface area contributed by atoms with Crippen LogP contribution in [0.4, 0.5) is 5.69 Å². The number of aryl methyl sites for hydroxylation is 3. The van der Waals surface area contributed by atoms with E-state index in [0.29, 0.717) is 22.2 Å². The predicted octanol–water partition coefficient (Wildman–Crippen LogP) is 6.23. The van der Waals surface area contributed by atoms with Crippen LogP contribution < -0.4 is 10.3 Å². The van der Waals surface area contributed by atoms with Crippen molar-refractivity contribution < 1.29 is 9.21 Å². The number of carbonyl (C=O) groups is 1. The van der Waals surface area contributed by atoms with E-state index < -0.39 is 6.04 Å². The van der Waals surface area contributed by atoms with Crippen molar-refractivity contribution in [3.63, 3.8) is 0 Å². The molecule has 1 atom stereocenters. The lowest BCUT2D eigenvalue weighted by Gasteiger charge is -2.25. The summed E-state index contributed by atoms with van der Waals surface area (Å²) in [6.07, 6.45) is 0. The highest BCUT2D eigenvalue weighted by Crippen LogP contribution is 2.41. The minimum atomic E-state index is -0.556. The molecule has 0 radical (unpaired) electrons. The minimum absolute atomic E-state index is 0.117. The molecular weight excluding hydrogens is 454 g/mol. The van der Waals surface area contributed by atoms with Gasteiger partial charge in [-0.1, -0.05) is 51.8 Å². The summed E-state index contributed by atoms with van der Waals surface area (Å²) in [6.45, 7) is 5.95. The van der Waals surface area contributed by atoms with Gasteiger partial charge >= 0.3 is 0 Å². The van der Waals surface area contributed by atoms with Crippen LogP contribution in [-0.4, -0.2) is 5.91 Å². The van der Waals surface area contributed by atoms with Crippen LogP contribution in [0.25, 0.3) is 11.0 Å². The van der Waals surface area contributed by atoms with E-state index in [2.05, 4.69) is 15.9 Å². The summed E-state index contributed by atoms with van der Waals surface area (Å²) in [4.78, 5) is 28.9. The molecule has 5 rings (SSSR count). The lowest BCUT2D eigenvalue weighted by molar-refractivity contribution is 0.0971. The molecule has 0 N–H and O–H groups in total. The molecule has 0 bridgehead atoms. The van der Waals surface area contributed by atoms with Gasteiger partial charge in [-0.3, -0.25) is 14.5 Å². The predicted molar refractivity (Wildman–Crippen MR) is 126 cm³/mol. The van der Waals surface area contributed by atoms with Crippen molar-refractivity contribution in [1.82, 2.24) is 0 Å². The van der Waals surface area contributed by atoms with Gasteiger partial charge in [-0.25, -0.2) is 0 Å². The normalized spacial score (nSPS) is 15.5. The average Bonchev–Trinajstić information content (AvgIpc) is 3.03. The summed E-state index contributed by atoms with van der Waals surface area (Å²) in [5, 5.41) is 0.503. The number of fused-ring (bicyclic) bond motifs is 2. The SMILES string of the molecule is Cc1ccc(C2c3c(oc4cc(C)c(C)cc4c3=O)C(=O)N2c2cccc(Br)c2)cc1. The summed E-state index contributed by atoms with van der Waals surface area (Å²) in [7, 11) is 0. The zero-order valence-electron chi connectivity index (χ0n) is 17.4. The third kappa shape index (κ3) is 3.12. The van der Waals surface area contributed by atoms with E-state index in [9.17, 15) is 9.59 Å². The fourth-order valence-electron chi connectivity index (χ4n) is 4.18. The van der Waals surface area contributed by atoms with E-state index in [1.807, 2.05) is 81.4 Å². The fourth-order valence-corrected chi connectivity index (χ4v) is 4.57. The quantitative estimate of drug-likeness (QED) is 0.346. The van der Waals surface area contributed by atoms with Crippen LogP contribution in [0.5, 0.6) is 0 Å². The van der Waals surface area contributed by atoms with E-state index in [0.717, 1.165) is 26.7 Å². The maximum atomic E-state index is 13.7. The third-order valence-corrected chi connectivity index (χ3v) is 6.46. The van der Waals surface area contributed by atoms with Crippen molar-refractivity contribution in [3.05, 3.63) is 109 Å². The third-order valence-electron chi connectivity index (χ3n) is 5.97. The standard InChI is InChI=1S/C26H20BrNO3/c1-14-7-9-17(10-8-14)23-22-24(29)20-11-15(2)16(3)12-21(20)31-25(22)26(30)28(23)19-6-4-5-18(27)13-19/h4-13,23H,1-3H3. The monoisotopic (exact) mass is 473 g/mol. The van der Waals surface area contributed by atoms with Crippen LogP contribution >= 0.6 is 15.9 Å². The molecule has 1 unspecified atom stereocenters. The second-order valence-corrected chi connectivity index (χ2v) is 8.99. The van der Waals surface area contributed by atoms with Crippen molar-refractivity contribution >= 4 is 38.5 Å². The molecular formula is C26H20BrNO3. The Hall–Kier alpha value is -3.18. The first-order valence-corrected chi connectivity index (χ1v) is 10.9. The summed E-state index contributed by atoms with van der Waals surface area (Å²) >= 11 is 3.49. The van der Waals surface area contributed by atoms with E-state index in [-0.39, 0.29) is 17.1 Å². The van der Waals surface area contributed by atoms with Crippen LogP contribution in [0.3, 0.4) is 0 Å². The van der Waals surface area contributed by atoms with Gasteiger partial charge in [0.05, 0.1) is 17.0 Å². The lowest BCUT2D eigenvalue weighted by Crippen LogP contribution is -2.29. The molecule has 154 valence electrons. The molecule has 5 heteroatoms. The van der Waals surface area contributed by atoms with Crippen molar-refractivity contribution in [1.29, 1.82) is 0 Å². The molecule has 3 aromatic carbocycles. The van der Waals surface area contributed by atoms with Gasteiger partial charge in [0, 0.05) is 10.2 Å². The smallest absolute Gasteiger partial charge is 0.295 e. The molecule has 0 fully saturated rings. The van der Waals surface area contributed by atoms with Crippen LogP contribution in [0.1, 0.15) is 44.4 Å². The molecule has 2 heterocycles. The zero-order chi connectivity index (χ0) is 21.9. The lowest BCUT2D eigenvalue weighted by atomic mass is 9.96. The number of benzene rings is 3. The summed E-state index contributed by atoms with van der Waals surface area (Å²) in [5.74, 6) is -0.192. The first-order valence-electron chi connectivity index (χ1n) is 10.1. The van der Waals surface area contributed by atoms with E-state index >= 15 is 0 Å². The topological polar surface area (TPSA) is 50.5 Å². The summed E-state index contributed by atoms with van der Waals surface area (Å²) < 4.78 is 6.94. The Balaban J connectivity index is 1.83. The van der Waals surface area contributed by atoms with Gasteiger partial charge in [-0.2, -0.15) is 0 Å². The number of rotatable bonds is 2. The first-order chi connectivity index (χ1) is 14.8. The highest BCUT2D eigenvalue weighted by atomic mass is 79.9. The van der Waals surface area contributed by atoms with E-state index in [1.165, 1.54) is 0 Å². The molecule has 4 aromatic rings. The molecule has 1 aliphatic rings. The molecule has 0 saturated carbocycles. The number of halogens is 1. The van der Waals surface area contributed by atoms with Gasteiger partial charge in [-0.05, 0) is 67.8 Å². The van der Waals surface area contributed by atoms with Gasteiger partial charge in [0.1, 0.15) is 5.58 Å². The molecule has 31 heavy (non-hydrogen) atoms. The molecule has 1 aliphatic heterocycles. The van der Waals surface area contributed by atoms with Crippen LogP contribution in [0.15, 0.2) is 74.3 Å². The second kappa shape index (κ2) is 7.20. The van der Waals surface area contributed by atoms with Gasteiger partial charge in [-0.15, -0.1) is 0 Å². The largest absolute Gasteiger partial charge is 0.450 e. The van der Waals surface area contributed by atoms with E-state index in [1.54, 1.807) is 4.90 Å². The summed E-state index contributed by atoms with van der Waals surface area (Å²) in [5.41, 5.74) is 5.39. The fraction of sp³-hybridized carbons (Fsp3) is 0.154. The number of carbonyl (C=O) groups excluding carboxylic acids is 1. The van der Waals surface area contributed by atoms with Crippen LogP contribution in [0, 0.1) is 20.8 Å². The maximum Gasteiger partial charge on any atom is 0.295 e. The molecule has 0 spiro atoms. The number of anilines is 1. The minimum Gasteiger partial charge on any atom is -0.450 e. The maximum absolute atomic E-state index is 13.7. The van der Waals surface area contributed by atoms with Crippen molar-refractivity contribution in [2.45, 2.75) is 26.8 Å². The number of nitrogens with zero attached hydrogens (tertiary/aromatic N) is 1. The molecule has 0 saturated heterocycles. The van der Waals surface area contributed by atoms with Gasteiger partial charge < -0.3 is 4.42 Å². The Morgan fingerprint density at radius 3 is 2.32 bits per heavy atom. The Kier molecular flexibility index (Phi) is 4.59. The van der Waals surface area contributed by atoms with Crippen LogP contribution in [0.2, 0.25) is 0 Å². The Morgan fingerprint density at radius 1 is 0.903 bits per heavy atom. The summed E-state index contributed by atoms with van der Waals surface area (Å²) in [6, 6.07) is 18.6. The highest BCUT2D eigenvalue weighted by molar-refractivity contribution is 9.10. The van der Waals surface area contributed by atoms with Crippen LogP contribution in [-0.2, 0) is 0 Å². The number of hydrogen-bond donors (Lipinski definition) is 0. The molecule has 4 nitrogen and oxygen atoms in total. The molecule has 1 aromatic heterocycles. The Bertz CT molecular complexity index is 1420. The number of hydrogen-bond acceptors (Lipinski definition) is 3. The Labute approximate surface area is 188 Å². The highest BCUT2D eigenvalue weighted by Gasteiger charge is 2.43. The van der Waals surface area contributed by atoms with E-state index in [4.69, 9.17) is 4.42 Å². The molecule has 1 amide bonds. The average molecular weight is 474 g/mol.